The lowest BCUT2D eigenvalue weighted by Crippen LogP contribution is -2.54. The van der Waals surface area contributed by atoms with E-state index in [1.165, 1.54) is 0 Å². The van der Waals surface area contributed by atoms with Crippen LogP contribution >= 0.6 is 0 Å². The highest BCUT2D eigenvalue weighted by molar-refractivity contribution is 5.81. The van der Waals surface area contributed by atoms with Gasteiger partial charge in [-0.15, -0.1) is 0 Å². The molecule has 1 fully saturated rings. The number of allylic oxidation sites excluding steroid dienone is 2. The molecular weight excluding hydrogens is 287 g/mol. The topological polar surface area (TPSA) is 17.1 Å². The maximum Gasteiger partial charge on any atom is 0.134 e. The normalized spacial score (nSPS) is 29.2. The minimum Gasteiger partial charge on any atom is -0.300 e. The third-order valence-electron chi connectivity index (χ3n) is 6.17. The summed E-state index contributed by atoms with van der Waals surface area (Å²) in [4.78, 5) is 12.5. The molecule has 126 valence electrons. The predicted octanol–water partition coefficient (Wildman–Crippen LogP) is 5.72. The molecule has 0 radical (unpaired) electrons. The minimum atomic E-state index is -1.13. The molecule has 1 aliphatic rings. The van der Waals surface area contributed by atoms with E-state index in [1.54, 1.807) is 6.92 Å². The summed E-state index contributed by atoms with van der Waals surface area (Å²) in [5.41, 5.74) is 2.11. The van der Waals surface area contributed by atoms with Gasteiger partial charge in [-0.2, -0.15) is 0 Å². The van der Waals surface area contributed by atoms with Crippen molar-refractivity contribution in [2.24, 2.45) is 16.7 Å². The first-order valence-electron chi connectivity index (χ1n) is 8.40. The molecule has 23 heavy (non-hydrogen) atoms. The molecule has 0 saturated heterocycles. The SMILES string of the molecule is CC(=O)C1C(c2ccccc2)C(F)C(=C(C)C)C(C)(C)C1(C)C. The average molecular weight is 316 g/mol. The Kier molecular flexibility index (Phi) is 4.58. The van der Waals surface area contributed by atoms with Crippen LogP contribution < -0.4 is 0 Å². The number of carbonyl (C=O) groups excluding carboxylic acids is 1. The maximum atomic E-state index is 15.7. The van der Waals surface area contributed by atoms with Crippen LogP contribution in [0.4, 0.5) is 4.39 Å². The van der Waals surface area contributed by atoms with Crippen molar-refractivity contribution in [3.63, 3.8) is 0 Å². The van der Waals surface area contributed by atoms with Gasteiger partial charge in [-0.25, -0.2) is 4.39 Å². The van der Waals surface area contributed by atoms with E-state index in [4.69, 9.17) is 0 Å². The summed E-state index contributed by atoms with van der Waals surface area (Å²) in [6.07, 6.45) is -1.13. The zero-order valence-electron chi connectivity index (χ0n) is 15.4. The first-order valence-corrected chi connectivity index (χ1v) is 8.40. The van der Waals surface area contributed by atoms with E-state index in [-0.39, 0.29) is 22.5 Å². The molecule has 0 heterocycles. The van der Waals surface area contributed by atoms with Gasteiger partial charge in [0.05, 0.1) is 0 Å². The lowest BCUT2D eigenvalue weighted by molar-refractivity contribution is -0.132. The quantitative estimate of drug-likeness (QED) is 0.638. The van der Waals surface area contributed by atoms with Gasteiger partial charge in [-0.05, 0) is 42.7 Å². The molecule has 0 spiro atoms. The Morgan fingerprint density at radius 2 is 1.52 bits per heavy atom. The van der Waals surface area contributed by atoms with E-state index in [0.717, 1.165) is 16.7 Å². The summed E-state index contributed by atoms with van der Waals surface area (Å²) in [6.45, 7) is 14.0. The fraction of sp³-hybridized carbons (Fsp3) is 0.571. The Morgan fingerprint density at radius 1 is 1.00 bits per heavy atom. The number of alkyl halides is 1. The van der Waals surface area contributed by atoms with Crippen molar-refractivity contribution >= 4 is 5.78 Å². The van der Waals surface area contributed by atoms with Gasteiger partial charge in [0.25, 0.3) is 0 Å². The van der Waals surface area contributed by atoms with Crippen molar-refractivity contribution in [2.45, 2.75) is 60.6 Å². The molecule has 0 aromatic heterocycles. The first kappa shape index (κ1) is 17.9. The lowest BCUT2D eigenvalue weighted by atomic mass is 9.47. The van der Waals surface area contributed by atoms with Gasteiger partial charge in [-0.3, -0.25) is 4.79 Å². The van der Waals surface area contributed by atoms with Crippen LogP contribution in [0.2, 0.25) is 0 Å². The highest BCUT2D eigenvalue weighted by Crippen LogP contribution is 2.61. The van der Waals surface area contributed by atoms with Crippen LogP contribution in [0.25, 0.3) is 0 Å². The van der Waals surface area contributed by atoms with Gasteiger partial charge >= 0.3 is 0 Å². The van der Waals surface area contributed by atoms with Crippen molar-refractivity contribution in [1.82, 2.24) is 0 Å². The molecule has 1 aromatic carbocycles. The van der Waals surface area contributed by atoms with Gasteiger partial charge in [0.15, 0.2) is 0 Å². The van der Waals surface area contributed by atoms with Gasteiger partial charge in [-0.1, -0.05) is 63.6 Å². The zero-order valence-corrected chi connectivity index (χ0v) is 15.4. The second-order valence-corrected chi connectivity index (χ2v) is 8.19. The highest BCUT2D eigenvalue weighted by atomic mass is 19.1. The number of carbonyl (C=O) groups is 1. The maximum absolute atomic E-state index is 15.7. The molecule has 0 N–H and O–H groups in total. The summed E-state index contributed by atoms with van der Waals surface area (Å²) in [5.74, 6) is -0.674. The Bertz CT molecular complexity index is 621. The fourth-order valence-corrected chi connectivity index (χ4v) is 4.58. The van der Waals surface area contributed by atoms with Crippen molar-refractivity contribution in [3.8, 4) is 0 Å². The van der Waals surface area contributed by atoms with Gasteiger partial charge in [0.2, 0.25) is 0 Å². The predicted molar refractivity (Wildman–Crippen MR) is 94.2 cm³/mol. The molecule has 1 nitrogen and oxygen atoms in total. The molecular formula is C21H29FO. The number of hydrogen-bond acceptors (Lipinski definition) is 1. The summed E-state index contributed by atoms with van der Waals surface area (Å²) >= 11 is 0. The highest BCUT2D eigenvalue weighted by Gasteiger charge is 2.58. The second kappa shape index (κ2) is 5.89. The van der Waals surface area contributed by atoms with Gasteiger partial charge in [0.1, 0.15) is 12.0 Å². The molecule has 1 saturated carbocycles. The van der Waals surface area contributed by atoms with Crippen LogP contribution in [0.1, 0.15) is 59.9 Å². The van der Waals surface area contributed by atoms with Crippen molar-refractivity contribution < 1.29 is 9.18 Å². The molecule has 1 aliphatic carbocycles. The Labute approximate surface area is 140 Å². The van der Waals surface area contributed by atoms with Gasteiger partial charge in [0, 0.05) is 11.8 Å². The smallest absolute Gasteiger partial charge is 0.134 e. The first-order chi connectivity index (χ1) is 10.5. The largest absolute Gasteiger partial charge is 0.300 e. The summed E-state index contributed by atoms with van der Waals surface area (Å²) in [6, 6.07) is 9.68. The number of Topliss-reactive ketones (excluding diaryl/α,β-unsaturated/α-hetero) is 1. The van der Waals surface area contributed by atoms with Crippen LogP contribution in [0.15, 0.2) is 41.5 Å². The minimum absolute atomic E-state index is 0.0763. The van der Waals surface area contributed by atoms with Crippen LogP contribution in [0.3, 0.4) is 0 Å². The van der Waals surface area contributed by atoms with Crippen LogP contribution in [-0.2, 0) is 4.79 Å². The molecule has 3 atom stereocenters. The van der Waals surface area contributed by atoms with Crippen molar-refractivity contribution in [2.75, 3.05) is 0 Å². The van der Waals surface area contributed by atoms with Crippen molar-refractivity contribution in [3.05, 3.63) is 47.0 Å². The second-order valence-electron chi connectivity index (χ2n) is 8.19. The number of ketones is 1. The van der Waals surface area contributed by atoms with Gasteiger partial charge < -0.3 is 0 Å². The number of halogens is 1. The fourth-order valence-electron chi connectivity index (χ4n) is 4.58. The summed E-state index contributed by atoms with van der Waals surface area (Å²) in [7, 11) is 0. The summed E-state index contributed by atoms with van der Waals surface area (Å²) < 4.78 is 15.7. The Balaban J connectivity index is 2.74. The van der Waals surface area contributed by atoms with Crippen LogP contribution in [-0.4, -0.2) is 12.0 Å². The number of benzene rings is 1. The molecule has 2 rings (SSSR count). The molecule has 0 bridgehead atoms. The monoisotopic (exact) mass is 316 g/mol. The third kappa shape index (κ3) is 2.66. The third-order valence-corrected chi connectivity index (χ3v) is 6.17. The average Bonchev–Trinajstić information content (AvgIpc) is 2.42. The van der Waals surface area contributed by atoms with E-state index in [1.807, 2.05) is 44.2 Å². The molecule has 0 amide bonds. The molecule has 2 heteroatoms. The van der Waals surface area contributed by atoms with E-state index in [2.05, 4.69) is 27.7 Å². The molecule has 1 aromatic rings. The molecule has 0 aliphatic heterocycles. The number of rotatable bonds is 2. The lowest BCUT2D eigenvalue weighted by Gasteiger charge is -2.56. The standard InChI is InChI=1S/C21H29FO/c1-13(2)17-19(22)16(15-11-9-8-10-12-15)18(14(3)23)21(6,7)20(17,4)5/h8-12,16,18-19H,1-7H3. The van der Waals surface area contributed by atoms with Crippen LogP contribution in [0.5, 0.6) is 0 Å². The Morgan fingerprint density at radius 3 is 1.96 bits per heavy atom. The number of hydrogen-bond donors (Lipinski definition) is 0. The zero-order chi connectivity index (χ0) is 17.6. The van der Waals surface area contributed by atoms with E-state index < -0.39 is 12.1 Å². The molecule has 3 unspecified atom stereocenters. The van der Waals surface area contributed by atoms with Crippen LogP contribution in [0, 0.1) is 16.7 Å². The van der Waals surface area contributed by atoms with E-state index in [0.29, 0.717) is 0 Å². The van der Waals surface area contributed by atoms with E-state index in [9.17, 15) is 4.79 Å². The summed E-state index contributed by atoms with van der Waals surface area (Å²) in [5, 5.41) is 0. The van der Waals surface area contributed by atoms with Crippen molar-refractivity contribution in [1.29, 1.82) is 0 Å². The van der Waals surface area contributed by atoms with E-state index >= 15 is 4.39 Å². The Hall–Kier alpha value is -1.44.